The number of likely N-dealkylation sites (N-methyl/N-ethyl adjacent to an activating group) is 1. The summed E-state index contributed by atoms with van der Waals surface area (Å²) in [6.45, 7) is 5.02. The van der Waals surface area contributed by atoms with Crippen molar-refractivity contribution in [2.24, 2.45) is 0 Å². The van der Waals surface area contributed by atoms with Crippen LogP contribution >= 0.6 is 0 Å². The van der Waals surface area contributed by atoms with Gasteiger partial charge >= 0.3 is 5.97 Å². The Morgan fingerprint density at radius 1 is 1.13 bits per heavy atom. The topological polar surface area (TPSA) is 71.5 Å². The lowest BCUT2D eigenvalue weighted by Crippen LogP contribution is -2.32. The van der Waals surface area contributed by atoms with Crippen molar-refractivity contribution >= 4 is 28.5 Å². The molecule has 1 N–H and O–H groups in total. The Labute approximate surface area is 175 Å². The van der Waals surface area contributed by atoms with E-state index in [1.807, 2.05) is 62.5 Å². The van der Waals surface area contributed by atoms with Gasteiger partial charge in [-0.05, 0) is 38.6 Å². The first-order chi connectivity index (χ1) is 14.4. The number of carbonyl (C=O) groups excluding carboxylic acids is 2. The molecule has 1 atom stereocenters. The highest BCUT2D eigenvalue weighted by atomic mass is 16.5. The van der Waals surface area contributed by atoms with Gasteiger partial charge < -0.3 is 15.0 Å². The van der Waals surface area contributed by atoms with Crippen LogP contribution in [0.25, 0.3) is 10.9 Å². The fourth-order valence-corrected chi connectivity index (χ4v) is 3.78. The number of esters is 1. The average molecular weight is 403 g/mol. The number of carbonyl (C=O) groups is 2. The Morgan fingerprint density at radius 2 is 1.87 bits per heavy atom. The van der Waals surface area contributed by atoms with Crippen LogP contribution < -0.4 is 5.32 Å². The SMILES string of the molecule is Cc1ccccc1NC(=O)C(C)OC(=O)c1c2c(nc3ccccc13)CCN(C)C2. The molecular formula is C24H25N3O3. The van der Waals surface area contributed by atoms with Crippen LogP contribution in [0.1, 0.15) is 34.1 Å². The van der Waals surface area contributed by atoms with E-state index in [1.54, 1.807) is 6.92 Å². The quantitative estimate of drug-likeness (QED) is 0.673. The monoisotopic (exact) mass is 403 g/mol. The summed E-state index contributed by atoms with van der Waals surface area (Å²) in [6, 6.07) is 15.1. The lowest BCUT2D eigenvalue weighted by molar-refractivity contribution is -0.123. The maximum absolute atomic E-state index is 13.2. The summed E-state index contributed by atoms with van der Waals surface area (Å²) in [7, 11) is 2.02. The first-order valence-corrected chi connectivity index (χ1v) is 10.1. The van der Waals surface area contributed by atoms with Crippen LogP contribution in [0.5, 0.6) is 0 Å². The van der Waals surface area contributed by atoms with Crippen LogP contribution in [0.2, 0.25) is 0 Å². The van der Waals surface area contributed by atoms with Crippen LogP contribution in [-0.2, 0) is 22.5 Å². The number of hydrogen-bond acceptors (Lipinski definition) is 5. The van der Waals surface area contributed by atoms with Gasteiger partial charge in [0.15, 0.2) is 6.10 Å². The van der Waals surface area contributed by atoms with E-state index in [-0.39, 0.29) is 5.91 Å². The number of fused-ring (bicyclic) bond motifs is 2. The van der Waals surface area contributed by atoms with Crippen LogP contribution in [0.3, 0.4) is 0 Å². The number of pyridine rings is 1. The molecule has 1 unspecified atom stereocenters. The maximum Gasteiger partial charge on any atom is 0.339 e. The smallest absolute Gasteiger partial charge is 0.339 e. The molecule has 1 amide bonds. The molecule has 0 saturated heterocycles. The minimum Gasteiger partial charge on any atom is -0.449 e. The molecule has 4 rings (SSSR count). The van der Waals surface area contributed by atoms with Crippen LogP contribution in [0.4, 0.5) is 5.69 Å². The number of rotatable bonds is 4. The molecule has 0 spiro atoms. The number of nitrogens with zero attached hydrogens (tertiary/aromatic N) is 2. The van der Waals surface area contributed by atoms with Gasteiger partial charge in [-0.3, -0.25) is 9.78 Å². The van der Waals surface area contributed by atoms with Crippen molar-refractivity contribution in [3.63, 3.8) is 0 Å². The molecule has 6 nitrogen and oxygen atoms in total. The largest absolute Gasteiger partial charge is 0.449 e. The van der Waals surface area contributed by atoms with Gasteiger partial charge in [-0.25, -0.2) is 4.79 Å². The van der Waals surface area contributed by atoms with Gasteiger partial charge in [0.25, 0.3) is 5.91 Å². The first-order valence-electron chi connectivity index (χ1n) is 10.1. The van der Waals surface area contributed by atoms with E-state index in [9.17, 15) is 9.59 Å². The van der Waals surface area contributed by atoms with Gasteiger partial charge in [0.2, 0.25) is 0 Å². The summed E-state index contributed by atoms with van der Waals surface area (Å²) in [6.07, 6.45) is -0.152. The zero-order chi connectivity index (χ0) is 21.3. The molecule has 30 heavy (non-hydrogen) atoms. The Hall–Kier alpha value is -3.25. The highest BCUT2D eigenvalue weighted by Crippen LogP contribution is 2.28. The summed E-state index contributed by atoms with van der Waals surface area (Å²) in [5, 5.41) is 3.59. The zero-order valence-electron chi connectivity index (χ0n) is 17.4. The minimum absolute atomic E-state index is 0.359. The fourth-order valence-electron chi connectivity index (χ4n) is 3.78. The number of aromatic nitrogens is 1. The molecule has 2 heterocycles. The van der Waals surface area contributed by atoms with Crippen molar-refractivity contribution in [3.05, 3.63) is 70.9 Å². The lowest BCUT2D eigenvalue weighted by atomic mass is 9.96. The minimum atomic E-state index is -0.930. The van der Waals surface area contributed by atoms with E-state index in [0.29, 0.717) is 17.8 Å². The molecule has 3 aromatic rings. The lowest BCUT2D eigenvalue weighted by Gasteiger charge is -2.27. The average Bonchev–Trinajstić information content (AvgIpc) is 2.73. The molecule has 0 saturated carbocycles. The molecule has 0 aliphatic carbocycles. The van der Waals surface area contributed by atoms with Crippen molar-refractivity contribution in [2.45, 2.75) is 32.9 Å². The van der Waals surface area contributed by atoms with Crippen molar-refractivity contribution in [3.8, 4) is 0 Å². The van der Waals surface area contributed by atoms with Crippen molar-refractivity contribution in [2.75, 3.05) is 18.9 Å². The van der Waals surface area contributed by atoms with E-state index in [2.05, 4.69) is 10.2 Å². The summed E-state index contributed by atoms with van der Waals surface area (Å²) in [5.41, 5.74) is 4.75. The molecule has 1 aliphatic heterocycles. The van der Waals surface area contributed by atoms with E-state index >= 15 is 0 Å². The predicted molar refractivity (Wildman–Crippen MR) is 116 cm³/mol. The Kier molecular flexibility index (Phi) is 5.50. The number of aryl methyl sites for hydroxylation is 1. The van der Waals surface area contributed by atoms with Gasteiger partial charge in [0.05, 0.1) is 11.1 Å². The third kappa shape index (κ3) is 3.91. The van der Waals surface area contributed by atoms with Gasteiger partial charge in [-0.1, -0.05) is 36.4 Å². The van der Waals surface area contributed by atoms with Gasteiger partial charge in [-0.15, -0.1) is 0 Å². The number of benzene rings is 2. The van der Waals surface area contributed by atoms with Crippen LogP contribution in [0.15, 0.2) is 48.5 Å². The number of anilines is 1. The second-order valence-corrected chi connectivity index (χ2v) is 7.77. The summed E-state index contributed by atoms with van der Waals surface area (Å²) >= 11 is 0. The molecule has 0 fully saturated rings. The van der Waals surface area contributed by atoms with E-state index < -0.39 is 12.1 Å². The van der Waals surface area contributed by atoms with Crippen molar-refractivity contribution in [1.82, 2.24) is 9.88 Å². The third-order valence-corrected chi connectivity index (χ3v) is 5.50. The molecule has 0 bridgehead atoms. The van der Waals surface area contributed by atoms with E-state index in [0.717, 1.165) is 40.7 Å². The second-order valence-electron chi connectivity index (χ2n) is 7.77. The molecule has 1 aromatic heterocycles. The first kappa shape index (κ1) is 20.0. The van der Waals surface area contributed by atoms with Gasteiger partial charge in [-0.2, -0.15) is 0 Å². The van der Waals surface area contributed by atoms with Crippen molar-refractivity contribution < 1.29 is 14.3 Å². The highest BCUT2D eigenvalue weighted by molar-refractivity contribution is 6.06. The van der Waals surface area contributed by atoms with Crippen molar-refractivity contribution in [1.29, 1.82) is 0 Å². The molecule has 0 radical (unpaired) electrons. The Balaban J connectivity index is 1.62. The number of amides is 1. The summed E-state index contributed by atoms with van der Waals surface area (Å²) in [4.78, 5) is 32.8. The summed E-state index contributed by atoms with van der Waals surface area (Å²) < 4.78 is 5.62. The Morgan fingerprint density at radius 3 is 2.67 bits per heavy atom. The van der Waals surface area contributed by atoms with Crippen LogP contribution in [0, 0.1) is 6.92 Å². The van der Waals surface area contributed by atoms with E-state index in [1.165, 1.54) is 0 Å². The summed E-state index contributed by atoms with van der Waals surface area (Å²) in [5.74, 6) is -0.852. The fraction of sp³-hybridized carbons (Fsp3) is 0.292. The molecule has 154 valence electrons. The molecule has 1 aliphatic rings. The maximum atomic E-state index is 13.2. The molecular weight excluding hydrogens is 378 g/mol. The molecule has 2 aromatic carbocycles. The normalized spacial score (nSPS) is 14.8. The predicted octanol–water partition coefficient (Wildman–Crippen LogP) is 3.72. The van der Waals surface area contributed by atoms with E-state index in [4.69, 9.17) is 9.72 Å². The van der Waals surface area contributed by atoms with Crippen LogP contribution in [-0.4, -0.2) is 41.5 Å². The second kappa shape index (κ2) is 8.24. The van der Waals surface area contributed by atoms with Gasteiger partial charge in [0, 0.05) is 41.8 Å². The number of ether oxygens (including phenoxy) is 1. The Bertz CT molecular complexity index is 1130. The zero-order valence-corrected chi connectivity index (χ0v) is 17.4. The number of para-hydroxylation sites is 2. The third-order valence-electron chi connectivity index (χ3n) is 5.50. The highest BCUT2D eigenvalue weighted by Gasteiger charge is 2.27. The number of hydrogen-bond donors (Lipinski definition) is 1. The molecule has 6 heteroatoms. The number of nitrogens with one attached hydrogen (secondary N) is 1. The van der Waals surface area contributed by atoms with Gasteiger partial charge in [0.1, 0.15) is 0 Å². The standard InChI is InChI=1S/C24H25N3O3/c1-15-8-4-6-10-19(15)26-23(28)16(2)30-24(29)22-17-9-5-7-11-20(17)25-21-12-13-27(3)14-18(21)22/h4-11,16H,12-14H2,1-3H3,(H,26,28).